The van der Waals surface area contributed by atoms with Gasteiger partial charge in [0.15, 0.2) is 0 Å². The summed E-state index contributed by atoms with van der Waals surface area (Å²) in [7, 11) is 0. The van der Waals surface area contributed by atoms with Crippen LogP contribution in [0.2, 0.25) is 5.02 Å². The fourth-order valence-corrected chi connectivity index (χ4v) is 3.38. The number of aromatic nitrogens is 1. The summed E-state index contributed by atoms with van der Waals surface area (Å²) < 4.78 is 2.21. The minimum absolute atomic E-state index is 0.588. The molecule has 0 unspecified atom stereocenters. The van der Waals surface area contributed by atoms with Gasteiger partial charge < -0.3 is 4.57 Å². The third kappa shape index (κ3) is 3.91. The molecule has 3 aromatic rings. The van der Waals surface area contributed by atoms with Crippen molar-refractivity contribution in [2.75, 3.05) is 0 Å². The Kier molecular flexibility index (Phi) is 5.63. The Bertz CT molecular complexity index is 920. The summed E-state index contributed by atoms with van der Waals surface area (Å²) in [5.41, 5.74) is 6.86. The number of rotatable bonds is 5. The third-order valence-corrected chi connectivity index (χ3v) is 5.20. The van der Waals surface area contributed by atoms with Gasteiger partial charge in [-0.15, -0.1) is 0 Å². The highest BCUT2D eigenvalue weighted by atomic mass is 35.5. The molecule has 1 heterocycles. The van der Waals surface area contributed by atoms with Gasteiger partial charge in [-0.3, -0.25) is 4.99 Å². The third-order valence-electron chi connectivity index (χ3n) is 4.96. The molecule has 0 amide bonds. The van der Waals surface area contributed by atoms with Crippen molar-refractivity contribution in [1.29, 1.82) is 0 Å². The topological polar surface area (TPSA) is 17.3 Å². The highest BCUT2D eigenvalue weighted by Crippen LogP contribution is 2.24. The van der Waals surface area contributed by atoms with Crippen LogP contribution in [0.25, 0.3) is 5.69 Å². The molecule has 0 aliphatic carbocycles. The van der Waals surface area contributed by atoms with Crippen LogP contribution in [0.3, 0.4) is 0 Å². The molecule has 1 atom stereocenters. The van der Waals surface area contributed by atoms with Crippen LogP contribution in [0.1, 0.15) is 48.7 Å². The second-order valence-corrected chi connectivity index (χ2v) is 7.24. The predicted molar refractivity (Wildman–Crippen MR) is 113 cm³/mol. The lowest BCUT2D eigenvalue weighted by molar-refractivity contribution is 0.734. The summed E-state index contributed by atoms with van der Waals surface area (Å²) in [6.45, 7) is 8.68. The molecule has 0 aliphatic heterocycles. The normalized spacial score (nSPS) is 12.7. The van der Waals surface area contributed by atoms with Crippen LogP contribution in [-0.4, -0.2) is 10.8 Å². The molecule has 0 saturated carbocycles. The second-order valence-electron chi connectivity index (χ2n) is 6.80. The predicted octanol–water partition coefficient (Wildman–Crippen LogP) is 7.01. The van der Waals surface area contributed by atoms with Crippen molar-refractivity contribution in [3.8, 4) is 5.69 Å². The Balaban J connectivity index is 1.87. The number of aryl methyl sites for hydroxylation is 1. The molecule has 0 aliphatic rings. The first-order valence-corrected chi connectivity index (χ1v) is 9.46. The van der Waals surface area contributed by atoms with Gasteiger partial charge in [-0.05, 0) is 68.1 Å². The van der Waals surface area contributed by atoms with Gasteiger partial charge in [0.25, 0.3) is 0 Å². The van der Waals surface area contributed by atoms with Crippen LogP contribution in [-0.2, 0) is 0 Å². The van der Waals surface area contributed by atoms with E-state index in [2.05, 4.69) is 73.7 Å². The summed E-state index contributed by atoms with van der Waals surface area (Å²) in [5, 5.41) is 0.742. The van der Waals surface area contributed by atoms with Crippen molar-refractivity contribution in [3.05, 3.63) is 82.1 Å². The zero-order valence-electron chi connectivity index (χ0n) is 15.8. The first-order chi connectivity index (χ1) is 12.5. The van der Waals surface area contributed by atoms with E-state index in [1.54, 1.807) is 0 Å². The Morgan fingerprint density at radius 3 is 2.46 bits per heavy atom. The molecule has 3 rings (SSSR count). The number of benzene rings is 2. The van der Waals surface area contributed by atoms with E-state index in [0.29, 0.717) is 5.92 Å². The van der Waals surface area contributed by atoms with Crippen LogP contribution in [0.4, 0.5) is 5.69 Å². The Hall–Kier alpha value is -2.32. The fraction of sp³-hybridized carbons (Fsp3) is 0.261. The van der Waals surface area contributed by atoms with Crippen molar-refractivity contribution in [2.45, 2.75) is 40.0 Å². The van der Waals surface area contributed by atoms with E-state index in [1.165, 1.54) is 11.3 Å². The molecule has 0 spiro atoms. The standard InChI is InChI=1S/C23H25ClN2/c1-5-16(2)19-9-11-22(12-10-19)25-15-20-13-17(3)26(18(20)4)23-8-6-7-21(24)14-23/h6-16H,5H2,1-4H3/t16-/m1/s1. The lowest BCUT2D eigenvalue weighted by Gasteiger charge is -2.10. The zero-order chi connectivity index (χ0) is 18.7. The number of hydrogen-bond donors (Lipinski definition) is 0. The maximum absolute atomic E-state index is 6.15. The first-order valence-electron chi connectivity index (χ1n) is 9.08. The van der Waals surface area contributed by atoms with Crippen molar-refractivity contribution in [3.63, 3.8) is 0 Å². The zero-order valence-corrected chi connectivity index (χ0v) is 16.6. The molecule has 26 heavy (non-hydrogen) atoms. The summed E-state index contributed by atoms with van der Waals surface area (Å²) in [6, 6.07) is 18.6. The van der Waals surface area contributed by atoms with E-state index in [9.17, 15) is 0 Å². The van der Waals surface area contributed by atoms with Gasteiger partial charge in [-0.1, -0.05) is 43.6 Å². The van der Waals surface area contributed by atoms with Crippen molar-refractivity contribution in [1.82, 2.24) is 4.57 Å². The Morgan fingerprint density at radius 1 is 1.08 bits per heavy atom. The largest absolute Gasteiger partial charge is 0.318 e. The van der Waals surface area contributed by atoms with Crippen LogP contribution in [0.5, 0.6) is 0 Å². The molecule has 134 valence electrons. The Labute approximate surface area is 161 Å². The van der Waals surface area contributed by atoms with E-state index in [-0.39, 0.29) is 0 Å². The molecule has 0 saturated heterocycles. The number of hydrogen-bond acceptors (Lipinski definition) is 1. The molecule has 0 fully saturated rings. The van der Waals surface area contributed by atoms with Crippen molar-refractivity contribution in [2.24, 2.45) is 4.99 Å². The molecule has 2 nitrogen and oxygen atoms in total. The lowest BCUT2D eigenvalue weighted by Crippen LogP contribution is -1.99. The van der Waals surface area contributed by atoms with E-state index in [0.717, 1.165) is 34.1 Å². The van der Waals surface area contributed by atoms with E-state index in [4.69, 9.17) is 11.6 Å². The van der Waals surface area contributed by atoms with Gasteiger partial charge in [-0.2, -0.15) is 0 Å². The molecular weight excluding hydrogens is 340 g/mol. The second kappa shape index (κ2) is 7.92. The molecule has 0 radical (unpaired) electrons. The summed E-state index contributed by atoms with van der Waals surface area (Å²) in [6.07, 6.45) is 3.10. The number of aliphatic imine (C=N–C) groups is 1. The van der Waals surface area contributed by atoms with E-state index >= 15 is 0 Å². The monoisotopic (exact) mass is 364 g/mol. The minimum atomic E-state index is 0.588. The maximum Gasteiger partial charge on any atom is 0.0630 e. The van der Waals surface area contributed by atoms with Gasteiger partial charge in [0, 0.05) is 33.9 Å². The van der Waals surface area contributed by atoms with E-state index < -0.39 is 0 Å². The van der Waals surface area contributed by atoms with Gasteiger partial charge in [0.1, 0.15) is 0 Å². The van der Waals surface area contributed by atoms with Crippen LogP contribution >= 0.6 is 11.6 Å². The molecule has 0 N–H and O–H groups in total. The fourth-order valence-electron chi connectivity index (χ4n) is 3.20. The summed E-state index contributed by atoms with van der Waals surface area (Å²) in [5.74, 6) is 0.588. The van der Waals surface area contributed by atoms with Crippen LogP contribution < -0.4 is 0 Å². The highest BCUT2D eigenvalue weighted by Gasteiger charge is 2.09. The maximum atomic E-state index is 6.15. The highest BCUT2D eigenvalue weighted by molar-refractivity contribution is 6.30. The smallest absolute Gasteiger partial charge is 0.0630 e. The Morgan fingerprint density at radius 2 is 1.81 bits per heavy atom. The van der Waals surface area contributed by atoms with Crippen molar-refractivity contribution >= 4 is 23.5 Å². The lowest BCUT2D eigenvalue weighted by atomic mass is 9.99. The molecule has 1 aromatic heterocycles. The molecule has 0 bridgehead atoms. The molecular formula is C23H25ClN2. The van der Waals surface area contributed by atoms with Crippen LogP contribution in [0, 0.1) is 13.8 Å². The SMILES string of the molecule is CC[C@@H](C)c1ccc(N=Cc2cc(C)n(-c3cccc(Cl)c3)c2C)cc1. The van der Waals surface area contributed by atoms with Gasteiger partial charge >= 0.3 is 0 Å². The van der Waals surface area contributed by atoms with E-state index in [1.807, 2.05) is 24.4 Å². The van der Waals surface area contributed by atoms with Gasteiger partial charge in [-0.25, -0.2) is 0 Å². The van der Waals surface area contributed by atoms with Crippen molar-refractivity contribution < 1.29 is 0 Å². The van der Waals surface area contributed by atoms with Gasteiger partial charge in [0.05, 0.1) is 5.69 Å². The minimum Gasteiger partial charge on any atom is -0.318 e. The number of nitrogens with zero attached hydrogens (tertiary/aromatic N) is 2. The molecule has 2 aromatic carbocycles. The summed E-state index contributed by atoms with van der Waals surface area (Å²) >= 11 is 6.15. The van der Waals surface area contributed by atoms with Crippen LogP contribution in [0.15, 0.2) is 59.6 Å². The molecule has 3 heteroatoms. The average Bonchev–Trinajstić information content (AvgIpc) is 2.93. The quantitative estimate of drug-likeness (QED) is 0.433. The first kappa shape index (κ1) is 18.5. The number of halogens is 1. The average molecular weight is 365 g/mol. The van der Waals surface area contributed by atoms with Gasteiger partial charge in [0.2, 0.25) is 0 Å². The summed E-state index contributed by atoms with van der Waals surface area (Å²) in [4.78, 5) is 4.66.